The topological polar surface area (TPSA) is 81.0 Å². The van der Waals surface area contributed by atoms with Crippen LogP contribution in [0, 0.1) is 0 Å². The summed E-state index contributed by atoms with van der Waals surface area (Å²) in [4.78, 5) is 25.4. The molecular weight excluding hydrogens is 372 g/mol. The Kier molecular flexibility index (Phi) is 7.31. The van der Waals surface area contributed by atoms with Crippen molar-refractivity contribution in [1.29, 1.82) is 0 Å². The summed E-state index contributed by atoms with van der Waals surface area (Å²) in [6, 6.07) is 6.85. The largest absolute Gasteiger partial charge is 0.493 e. The molecule has 0 aliphatic heterocycles. The lowest BCUT2D eigenvalue weighted by molar-refractivity contribution is -0.131. The van der Waals surface area contributed by atoms with Gasteiger partial charge in [-0.25, -0.2) is 0 Å². The zero-order chi connectivity index (χ0) is 19.8. The molecule has 8 heteroatoms. The van der Waals surface area contributed by atoms with Gasteiger partial charge in [-0.2, -0.15) is 0 Å². The van der Waals surface area contributed by atoms with Crippen molar-refractivity contribution < 1.29 is 23.5 Å². The summed E-state index contributed by atoms with van der Waals surface area (Å²) in [5.41, 5.74) is 0.668. The molecule has 27 heavy (non-hydrogen) atoms. The normalized spacial score (nSPS) is 10.7. The molecule has 2 amide bonds. The number of likely N-dealkylation sites (N-methyl/N-ethyl adjacent to an activating group) is 1. The van der Waals surface area contributed by atoms with E-state index in [1.54, 1.807) is 37.4 Å². The van der Waals surface area contributed by atoms with E-state index in [4.69, 9.17) is 25.5 Å². The van der Waals surface area contributed by atoms with Crippen molar-refractivity contribution in [3.05, 3.63) is 53.0 Å². The summed E-state index contributed by atoms with van der Waals surface area (Å²) in [5, 5.41) is 3.05. The second kappa shape index (κ2) is 9.68. The second-order valence-corrected chi connectivity index (χ2v) is 6.03. The van der Waals surface area contributed by atoms with Crippen LogP contribution in [-0.4, -0.2) is 44.5 Å². The fraction of sp³-hybridized carbons (Fsp3) is 0.263. The van der Waals surface area contributed by atoms with Gasteiger partial charge in [-0.1, -0.05) is 11.6 Å². The molecule has 0 aliphatic carbocycles. The Labute approximate surface area is 162 Å². The molecule has 144 valence electrons. The standard InChI is InChI=1S/C19H21ClN2O5/c1-22(12-17(23)21-11-14-5-4-8-27-14)18(24)7-6-13-9-15(20)19(26-3)16(10-13)25-2/h4-10H,11-12H2,1-3H3,(H,21,23)/b7-6+. The van der Waals surface area contributed by atoms with Gasteiger partial charge in [0, 0.05) is 13.1 Å². The van der Waals surface area contributed by atoms with Crippen LogP contribution in [0.3, 0.4) is 0 Å². The summed E-state index contributed by atoms with van der Waals surface area (Å²) in [6.07, 6.45) is 4.48. The first-order valence-electron chi connectivity index (χ1n) is 8.08. The van der Waals surface area contributed by atoms with Gasteiger partial charge in [0.2, 0.25) is 11.8 Å². The second-order valence-electron chi connectivity index (χ2n) is 5.62. The molecule has 1 heterocycles. The van der Waals surface area contributed by atoms with E-state index in [-0.39, 0.29) is 24.9 Å². The number of nitrogens with zero attached hydrogens (tertiary/aromatic N) is 1. The van der Waals surface area contributed by atoms with E-state index in [1.807, 2.05) is 0 Å². The third kappa shape index (κ3) is 5.79. The molecule has 0 radical (unpaired) electrons. The predicted octanol–water partition coefficient (Wildman–Crippen LogP) is 2.74. The van der Waals surface area contributed by atoms with Crippen molar-refractivity contribution in [1.82, 2.24) is 10.2 Å². The molecule has 0 aliphatic rings. The predicted molar refractivity (Wildman–Crippen MR) is 102 cm³/mol. The number of amides is 2. The van der Waals surface area contributed by atoms with Gasteiger partial charge in [0.15, 0.2) is 11.5 Å². The van der Waals surface area contributed by atoms with Crippen molar-refractivity contribution in [2.24, 2.45) is 0 Å². The van der Waals surface area contributed by atoms with Gasteiger partial charge in [0.05, 0.1) is 38.6 Å². The summed E-state index contributed by atoms with van der Waals surface area (Å²) in [6.45, 7) is 0.199. The highest BCUT2D eigenvalue weighted by Gasteiger charge is 2.12. The minimum atomic E-state index is -0.325. The van der Waals surface area contributed by atoms with Crippen LogP contribution in [-0.2, 0) is 16.1 Å². The Hall–Kier alpha value is -2.93. The molecular formula is C19H21ClN2O5. The van der Waals surface area contributed by atoms with Crippen molar-refractivity contribution in [2.75, 3.05) is 27.8 Å². The first-order valence-corrected chi connectivity index (χ1v) is 8.46. The molecule has 0 fully saturated rings. The number of methoxy groups -OCH3 is 2. The van der Waals surface area contributed by atoms with Gasteiger partial charge in [-0.15, -0.1) is 0 Å². The van der Waals surface area contributed by atoms with Gasteiger partial charge >= 0.3 is 0 Å². The molecule has 0 unspecified atom stereocenters. The minimum absolute atomic E-state index is 0.0728. The number of nitrogens with one attached hydrogen (secondary N) is 1. The number of ether oxygens (including phenoxy) is 2. The number of hydrogen-bond donors (Lipinski definition) is 1. The van der Waals surface area contributed by atoms with Crippen LogP contribution in [0.15, 0.2) is 41.0 Å². The Morgan fingerprint density at radius 2 is 2.07 bits per heavy atom. The molecule has 2 aromatic rings. The lowest BCUT2D eigenvalue weighted by Crippen LogP contribution is -2.37. The molecule has 1 aromatic heterocycles. The minimum Gasteiger partial charge on any atom is -0.493 e. The number of halogens is 1. The number of benzene rings is 1. The van der Waals surface area contributed by atoms with Crippen LogP contribution >= 0.6 is 11.6 Å². The van der Waals surface area contributed by atoms with Crippen LogP contribution in [0.2, 0.25) is 5.02 Å². The highest BCUT2D eigenvalue weighted by Crippen LogP contribution is 2.36. The third-order valence-corrected chi connectivity index (χ3v) is 3.95. The average molecular weight is 393 g/mol. The van der Waals surface area contributed by atoms with Crippen LogP contribution in [0.4, 0.5) is 0 Å². The maximum absolute atomic E-state index is 12.2. The van der Waals surface area contributed by atoms with Crippen LogP contribution in [0.5, 0.6) is 11.5 Å². The van der Waals surface area contributed by atoms with E-state index < -0.39 is 0 Å². The van der Waals surface area contributed by atoms with Crippen molar-refractivity contribution in [2.45, 2.75) is 6.54 Å². The maximum Gasteiger partial charge on any atom is 0.246 e. The number of furan rings is 1. The first-order chi connectivity index (χ1) is 12.9. The lowest BCUT2D eigenvalue weighted by atomic mass is 10.2. The summed E-state index contributed by atoms with van der Waals surface area (Å²) >= 11 is 6.14. The summed E-state index contributed by atoms with van der Waals surface area (Å²) in [7, 11) is 4.54. The molecule has 0 saturated heterocycles. The average Bonchev–Trinajstić information content (AvgIpc) is 3.17. The quantitative estimate of drug-likeness (QED) is 0.698. The van der Waals surface area contributed by atoms with Gasteiger partial charge in [-0.05, 0) is 35.9 Å². The van der Waals surface area contributed by atoms with Crippen molar-refractivity contribution in [3.63, 3.8) is 0 Å². The van der Waals surface area contributed by atoms with Crippen LogP contribution in [0.25, 0.3) is 6.08 Å². The molecule has 0 bridgehead atoms. The lowest BCUT2D eigenvalue weighted by Gasteiger charge is -2.14. The molecule has 0 spiro atoms. The maximum atomic E-state index is 12.2. The SMILES string of the molecule is COc1cc(/C=C/C(=O)N(C)CC(=O)NCc2ccco2)cc(Cl)c1OC. The fourth-order valence-corrected chi connectivity index (χ4v) is 2.57. The van der Waals surface area contributed by atoms with Gasteiger partial charge in [0.1, 0.15) is 5.76 Å². The summed E-state index contributed by atoms with van der Waals surface area (Å²) in [5.74, 6) is 0.914. The van der Waals surface area contributed by atoms with Gasteiger partial charge in [-0.3, -0.25) is 9.59 Å². The van der Waals surface area contributed by atoms with E-state index in [0.29, 0.717) is 27.8 Å². The van der Waals surface area contributed by atoms with E-state index in [1.165, 1.54) is 31.5 Å². The molecule has 1 aromatic carbocycles. The number of rotatable bonds is 8. The molecule has 1 N–H and O–H groups in total. The van der Waals surface area contributed by atoms with Gasteiger partial charge < -0.3 is 24.1 Å². The molecule has 0 saturated carbocycles. The Morgan fingerprint density at radius 1 is 1.30 bits per heavy atom. The van der Waals surface area contributed by atoms with E-state index in [0.717, 1.165) is 0 Å². The van der Waals surface area contributed by atoms with Crippen molar-refractivity contribution in [3.8, 4) is 11.5 Å². The van der Waals surface area contributed by atoms with E-state index >= 15 is 0 Å². The Balaban J connectivity index is 1.93. The smallest absolute Gasteiger partial charge is 0.246 e. The zero-order valence-electron chi connectivity index (χ0n) is 15.3. The summed E-state index contributed by atoms with van der Waals surface area (Å²) < 4.78 is 15.5. The highest BCUT2D eigenvalue weighted by atomic mass is 35.5. The van der Waals surface area contributed by atoms with Gasteiger partial charge in [0.25, 0.3) is 0 Å². The highest BCUT2D eigenvalue weighted by molar-refractivity contribution is 6.32. The Morgan fingerprint density at radius 3 is 2.70 bits per heavy atom. The van der Waals surface area contributed by atoms with Crippen LogP contribution < -0.4 is 14.8 Å². The van der Waals surface area contributed by atoms with Crippen LogP contribution in [0.1, 0.15) is 11.3 Å². The number of hydrogen-bond acceptors (Lipinski definition) is 5. The number of carbonyl (C=O) groups is 2. The molecule has 7 nitrogen and oxygen atoms in total. The van der Waals surface area contributed by atoms with E-state index in [2.05, 4.69) is 5.32 Å². The molecule has 2 rings (SSSR count). The number of carbonyl (C=O) groups excluding carboxylic acids is 2. The van der Waals surface area contributed by atoms with Crippen molar-refractivity contribution >= 4 is 29.5 Å². The fourth-order valence-electron chi connectivity index (χ4n) is 2.28. The Bertz CT molecular complexity index is 818. The third-order valence-electron chi connectivity index (χ3n) is 3.67. The molecule has 0 atom stereocenters. The monoisotopic (exact) mass is 392 g/mol. The first kappa shape index (κ1) is 20.4. The van der Waals surface area contributed by atoms with E-state index in [9.17, 15) is 9.59 Å². The zero-order valence-corrected chi connectivity index (χ0v) is 16.1.